The number of benzene rings is 3. The topological polar surface area (TPSA) is 45.2 Å². The average Bonchev–Trinajstić information content (AvgIpc) is 2.94. The smallest absolute Gasteiger partial charge is 0.143 e. The minimum atomic E-state index is 0.281. The third-order valence-electron chi connectivity index (χ3n) is 3.83. The van der Waals surface area contributed by atoms with Gasteiger partial charge in [0.25, 0.3) is 0 Å². The molecule has 2 N–H and O–H groups in total. The van der Waals surface area contributed by atoms with Crippen LogP contribution in [0.15, 0.2) is 66.7 Å². The lowest BCUT2D eigenvalue weighted by molar-refractivity contribution is 0.309. The number of nitrogens with one attached hydrogen (secondary N) is 1. The Labute approximate surface area is 127 Å². The highest BCUT2D eigenvalue weighted by Crippen LogP contribution is 2.36. The number of ether oxygens (including phenoxy) is 1. The summed E-state index contributed by atoms with van der Waals surface area (Å²) in [5, 5.41) is 11.9. The largest absolute Gasteiger partial charge is 0.507 e. The maximum absolute atomic E-state index is 10.1. The second-order valence-corrected chi connectivity index (χ2v) is 5.28. The van der Waals surface area contributed by atoms with E-state index in [2.05, 4.69) is 4.98 Å². The van der Waals surface area contributed by atoms with Crippen molar-refractivity contribution in [2.24, 2.45) is 0 Å². The summed E-state index contributed by atoms with van der Waals surface area (Å²) in [4.78, 5) is 3.34. The summed E-state index contributed by atoms with van der Waals surface area (Å²) in [5.41, 5.74) is 2.94. The summed E-state index contributed by atoms with van der Waals surface area (Å²) in [6, 6.07) is 21.4. The lowest BCUT2D eigenvalue weighted by atomic mass is 10.1. The van der Waals surface area contributed by atoms with Gasteiger partial charge in [-0.2, -0.15) is 0 Å². The predicted octanol–water partition coefficient (Wildman–Crippen LogP) is 4.61. The summed E-state index contributed by atoms with van der Waals surface area (Å²) in [7, 11) is 0. The van der Waals surface area contributed by atoms with Crippen LogP contribution in [0.2, 0.25) is 0 Å². The highest BCUT2D eigenvalue weighted by molar-refractivity contribution is 6.11. The number of phenols is 1. The number of aromatic hydroxyl groups is 1. The van der Waals surface area contributed by atoms with E-state index in [9.17, 15) is 5.11 Å². The third-order valence-corrected chi connectivity index (χ3v) is 3.83. The van der Waals surface area contributed by atoms with E-state index >= 15 is 0 Å². The number of aromatic nitrogens is 1. The Morgan fingerprint density at radius 3 is 2.55 bits per heavy atom. The molecule has 0 saturated heterocycles. The molecule has 0 aliphatic rings. The Bertz CT molecular complexity index is 942. The molecule has 3 nitrogen and oxygen atoms in total. The van der Waals surface area contributed by atoms with Gasteiger partial charge in [-0.05, 0) is 23.8 Å². The van der Waals surface area contributed by atoms with E-state index in [4.69, 9.17) is 4.74 Å². The molecular weight excluding hydrogens is 274 g/mol. The number of para-hydroxylation sites is 1. The quantitative estimate of drug-likeness (QED) is 0.578. The van der Waals surface area contributed by atoms with Crippen molar-refractivity contribution in [2.75, 3.05) is 0 Å². The number of H-pyrrole nitrogens is 1. The first-order valence-corrected chi connectivity index (χ1v) is 7.22. The van der Waals surface area contributed by atoms with E-state index in [-0.39, 0.29) is 5.75 Å². The molecule has 4 aromatic rings. The van der Waals surface area contributed by atoms with Gasteiger partial charge in [0.2, 0.25) is 0 Å². The molecule has 3 aromatic carbocycles. The third kappa shape index (κ3) is 2.07. The van der Waals surface area contributed by atoms with E-state index in [1.165, 1.54) is 0 Å². The van der Waals surface area contributed by atoms with Crippen LogP contribution in [0.3, 0.4) is 0 Å². The monoisotopic (exact) mass is 289 g/mol. The zero-order valence-corrected chi connectivity index (χ0v) is 11.9. The fourth-order valence-electron chi connectivity index (χ4n) is 2.79. The molecule has 4 rings (SSSR count). The van der Waals surface area contributed by atoms with Crippen LogP contribution in [0.4, 0.5) is 0 Å². The van der Waals surface area contributed by atoms with Crippen LogP contribution >= 0.6 is 0 Å². The van der Waals surface area contributed by atoms with Gasteiger partial charge in [-0.25, -0.2) is 0 Å². The molecule has 0 saturated carbocycles. The van der Waals surface area contributed by atoms with Crippen LogP contribution in [0.1, 0.15) is 5.56 Å². The number of fused-ring (bicyclic) bond motifs is 3. The van der Waals surface area contributed by atoms with E-state index < -0.39 is 0 Å². The van der Waals surface area contributed by atoms with Gasteiger partial charge in [-0.15, -0.1) is 0 Å². The van der Waals surface area contributed by atoms with Crippen molar-refractivity contribution >= 4 is 21.8 Å². The molecule has 22 heavy (non-hydrogen) atoms. The van der Waals surface area contributed by atoms with Crippen molar-refractivity contribution in [3.63, 3.8) is 0 Å². The number of hydrogen-bond donors (Lipinski definition) is 2. The van der Waals surface area contributed by atoms with E-state index in [1.54, 1.807) is 6.07 Å². The SMILES string of the molecule is Oc1cccc2[nH]c3c(OCc4ccccc4)cccc3c12. The zero-order chi connectivity index (χ0) is 14.9. The van der Waals surface area contributed by atoms with Gasteiger partial charge in [0.15, 0.2) is 0 Å². The summed E-state index contributed by atoms with van der Waals surface area (Å²) >= 11 is 0. The molecule has 3 heteroatoms. The Kier molecular flexibility index (Phi) is 2.97. The Morgan fingerprint density at radius 2 is 1.68 bits per heavy atom. The fraction of sp³-hybridized carbons (Fsp3) is 0.0526. The van der Waals surface area contributed by atoms with Crippen molar-refractivity contribution in [2.45, 2.75) is 6.61 Å². The maximum atomic E-state index is 10.1. The Morgan fingerprint density at radius 1 is 0.864 bits per heavy atom. The zero-order valence-electron chi connectivity index (χ0n) is 11.9. The highest BCUT2D eigenvalue weighted by Gasteiger charge is 2.11. The normalized spacial score (nSPS) is 11.1. The lowest BCUT2D eigenvalue weighted by Gasteiger charge is -2.07. The molecule has 0 bridgehead atoms. The molecule has 0 aliphatic heterocycles. The van der Waals surface area contributed by atoms with Crippen molar-refractivity contribution in [1.82, 2.24) is 4.98 Å². The minimum Gasteiger partial charge on any atom is -0.507 e. The van der Waals surface area contributed by atoms with Gasteiger partial charge >= 0.3 is 0 Å². The van der Waals surface area contributed by atoms with Crippen LogP contribution in [0.25, 0.3) is 21.8 Å². The van der Waals surface area contributed by atoms with Crippen LogP contribution in [-0.4, -0.2) is 10.1 Å². The molecule has 1 heterocycles. The fourth-order valence-corrected chi connectivity index (χ4v) is 2.79. The maximum Gasteiger partial charge on any atom is 0.143 e. The van der Waals surface area contributed by atoms with Crippen molar-refractivity contribution in [1.29, 1.82) is 0 Å². The first-order chi connectivity index (χ1) is 10.8. The molecule has 0 radical (unpaired) electrons. The molecule has 0 spiro atoms. The molecule has 108 valence electrons. The molecule has 0 aliphatic carbocycles. The second-order valence-electron chi connectivity index (χ2n) is 5.28. The number of rotatable bonds is 3. The molecule has 0 unspecified atom stereocenters. The summed E-state index contributed by atoms with van der Waals surface area (Å²) in [5.74, 6) is 1.07. The van der Waals surface area contributed by atoms with Crippen molar-refractivity contribution in [3.8, 4) is 11.5 Å². The highest BCUT2D eigenvalue weighted by atomic mass is 16.5. The van der Waals surface area contributed by atoms with Crippen LogP contribution in [0, 0.1) is 0 Å². The van der Waals surface area contributed by atoms with Gasteiger partial charge in [0.05, 0.1) is 11.0 Å². The molecule has 1 aromatic heterocycles. The van der Waals surface area contributed by atoms with Gasteiger partial charge in [0.1, 0.15) is 18.1 Å². The molecule has 0 atom stereocenters. The van der Waals surface area contributed by atoms with E-state index in [0.717, 1.165) is 33.1 Å². The van der Waals surface area contributed by atoms with Crippen LogP contribution < -0.4 is 4.74 Å². The Balaban J connectivity index is 1.78. The van der Waals surface area contributed by atoms with Gasteiger partial charge in [0, 0.05) is 10.8 Å². The first kappa shape index (κ1) is 12.8. The summed E-state index contributed by atoms with van der Waals surface area (Å²) in [6.45, 7) is 0.515. The minimum absolute atomic E-state index is 0.281. The standard InChI is InChI=1S/C19H15NO2/c21-16-10-5-9-15-18(16)14-8-4-11-17(19(14)20-15)22-12-13-6-2-1-3-7-13/h1-11,20-21H,12H2. The van der Waals surface area contributed by atoms with Crippen LogP contribution in [0.5, 0.6) is 11.5 Å². The predicted molar refractivity (Wildman–Crippen MR) is 88.2 cm³/mol. The average molecular weight is 289 g/mol. The summed E-state index contributed by atoms with van der Waals surface area (Å²) in [6.07, 6.45) is 0. The summed E-state index contributed by atoms with van der Waals surface area (Å²) < 4.78 is 5.96. The lowest BCUT2D eigenvalue weighted by Crippen LogP contribution is -1.95. The second kappa shape index (κ2) is 5.11. The van der Waals surface area contributed by atoms with Crippen molar-refractivity contribution in [3.05, 3.63) is 72.3 Å². The molecule has 0 amide bonds. The van der Waals surface area contributed by atoms with E-state index in [1.807, 2.05) is 60.7 Å². The molecule has 0 fully saturated rings. The molecular formula is C19H15NO2. The first-order valence-electron chi connectivity index (χ1n) is 7.22. The van der Waals surface area contributed by atoms with Gasteiger partial charge in [-0.1, -0.05) is 48.5 Å². The van der Waals surface area contributed by atoms with Crippen LogP contribution in [-0.2, 0) is 6.61 Å². The van der Waals surface area contributed by atoms with Gasteiger partial charge in [-0.3, -0.25) is 0 Å². The Hall–Kier alpha value is -2.94. The number of aromatic amines is 1. The number of hydrogen-bond acceptors (Lipinski definition) is 2. The van der Waals surface area contributed by atoms with Crippen molar-refractivity contribution < 1.29 is 9.84 Å². The van der Waals surface area contributed by atoms with E-state index in [0.29, 0.717) is 6.61 Å². The van der Waals surface area contributed by atoms with Gasteiger partial charge < -0.3 is 14.8 Å². The number of phenolic OH excluding ortho intramolecular Hbond substituents is 1.